The minimum Gasteiger partial charge on any atom is -0.491 e. The Balaban J connectivity index is 1.76. The maximum absolute atomic E-state index is 13.4. The molecule has 1 aliphatic rings. The predicted molar refractivity (Wildman–Crippen MR) is 125 cm³/mol. The molecule has 1 amide bonds. The minimum atomic E-state index is -4.75. The second kappa shape index (κ2) is 11.8. The first-order valence-electron chi connectivity index (χ1n) is 11.8. The van der Waals surface area contributed by atoms with Gasteiger partial charge in [-0.3, -0.25) is 4.79 Å². The van der Waals surface area contributed by atoms with Crippen LogP contribution in [0, 0.1) is 0 Å². The van der Waals surface area contributed by atoms with Gasteiger partial charge >= 0.3 is 6.36 Å². The molecule has 0 aromatic heterocycles. The molecule has 35 heavy (non-hydrogen) atoms. The van der Waals surface area contributed by atoms with Crippen molar-refractivity contribution in [3.8, 4) is 22.6 Å². The summed E-state index contributed by atoms with van der Waals surface area (Å²) < 4.78 is 59.0. The van der Waals surface area contributed by atoms with Gasteiger partial charge in [-0.05, 0) is 55.2 Å². The van der Waals surface area contributed by atoms with Crippen LogP contribution < -0.4 is 9.47 Å². The number of amides is 1. The number of benzene rings is 2. The molecule has 0 aliphatic carbocycles. The highest BCUT2D eigenvalue weighted by Gasteiger charge is 2.31. The Hall–Kier alpha value is -2.78. The summed E-state index contributed by atoms with van der Waals surface area (Å²) in [6.07, 6.45) is -2.52. The monoisotopic (exact) mass is 495 g/mol. The molecule has 1 heterocycles. The molecule has 0 atom stereocenters. The highest BCUT2D eigenvalue weighted by Crippen LogP contribution is 2.32. The molecule has 3 rings (SSSR count). The zero-order valence-corrected chi connectivity index (χ0v) is 20.3. The van der Waals surface area contributed by atoms with Gasteiger partial charge in [0.2, 0.25) is 0 Å². The zero-order chi connectivity index (χ0) is 25.5. The van der Waals surface area contributed by atoms with E-state index in [2.05, 4.69) is 4.74 Å². The molecule has 0 saturated heterocycles. The number of ether oxygens (including phenoxy) is 4. The third-order valence-corrected chi connectivity index (χ3v) is 5.60. The molecule has 9 heteroatoms. The van der Waals surface area contributed by atoms with Crippen molar-refractivity contribution in [3.63, 3.8) is 0 Å². The summed E-state index contributed by atoms with van der Waals surface area (Å²) in [6, 6.07) is 10.7. The average Bonchev–Trinajstić information content (AvgIpc) is 2.98. The summed E-state index contributed by atoms with van der Waals surface area (Å²) in [6.45, 7) is 8.29. The van der Waals surface area contributed by atoms with E-state index in [-0.39, 0.29) is 11.7 Å². The molecule has 0 saturated carbocycles. The molecule has 0 N–H and O–H groups in total. The second-order valence-corrected chi connectivity index (χ2v) is 8.50. The van der Waals surface area contributed by atoms with Crippen LogP contribution in [-0.2, 0) is 9.47 Å². The molecule has 1 aliphatic heterocycles. The SMILES string of the molecule is CCCOC(C)(CCN1CCOc2ccc(-c3ccc(OC(F)(F)F)cc3)cc2C1=O)OCCC. The van der Waals surface area contributed by atoms with Gasteiger partial charge in [0.05, 0.1) is 12.1 Å². The third kappa shape index (κ3) is 7.60. The standard InChI is InChI=1S/C26H32F3NO5/c1-4-15-33-25(3,34-16-5-2)12-13-30-14-17-32-23-11-8-20(18-22(23)24(30)31)19-6-9-21(10-7-19)35-26(27,28)29/h6-11,18H,4-5,12-17H2,1-3H3. The van der Waals surface area contributed by atoms with E-state index in [4.69, 9.17) is 14.2 Å². The van der Waals surface area contributed by atoms with E-state index < -0.39 is 12.1 Å². The molecule has 0 radical (unpaired) electrons. The molecule has 2 aromatic carbocycles. The lowest BCUT2D eigenvalue weighted by Gasteiger charge is -2.32. The fourth-order valence-electron chi connectivity index (χ4n) is 3.76. The quantitative estimate of drug-likeness (QED) is 0.356. The summed E-state index contributed by atoms with van der Waals surface area (Å²) >= 11 is 0. The smallest absolute Gasteiger partial charge is 0.491 e. The van der Waals surface area contributed by atoms with Crippen LogP contribution in [0.4, 0.5) is 13.2 Å². The van der Waals surface area contributed by atoms with Gasteiger partial charge in [-0.2, -0.15) is 0 Å². The second-order valence-electron chi connectivity index (χ2n) is 8.50. The Morgan fingerprint density at radius 3 is 2.20 bits per heavy atom. The van der Waals surface area contributed by atoms with Crippen molar-refractivity contribution in [1.29, 1.82) is 0 Å². The number of carbonyl (C=O) groups excluding carboxylic acids is 1. The summed E-state index contributed by atoms with van der Waals surface area (Å²) in [4.78, 5) is 15.1. The van der Waals surface area contributed by atoms with Crippen molar-refractivity contribution in [2.24, 2.45) is 0 Å². The topological polar surface area (TPSA) is 57.2 Å². The Kier molecular flexibility index (Phi) is 9.02. The van der Waals surface area contributed by atoms with E-state index >= 15 is 0 Å². The minimum absolute atomic E-state index is 0.176. The van der Waals surface area contributed by atoms with Crippen molar-refractivity contribution >= 4 is 5.91 Å². The van der Waals surface area contributed by atoms with Crippen LogP contribution >= 0.6 is 0 Å². The van der Waals surface area contributed by atoms with Gasteiger partial charge in [-0.15, -0.1) is 13.2 Å². The molecular weight excluding hydrogens is 463 g/mol. The van der Waals surface area contributed by atoms with Crippen molar-refractivity contribution in [2.75, 3.05) is 32.9 Å². The Bertz CT molecular complexity index is 970. The number of halogens is 3. The van der Waals surface area contributed by atoms with Crippen LogP contribution in [0.25, 0.3) is 11.1 Å². The first kappa shape index (κ1) is 26.8. The van der Waals surface area contributed by atoms with E-state index in [0.717, 1.165) is 12.8 Å². The summed E-state index contributed by atoms with van der Waals surface area (Å²) in [7, 11) is 0. The van der Waals surface area contributed by atoms with Crippen LogP contribution in [0.1, 0.15) is 50.4 Å². The van der Waals surface area contributed by atoms with E-state index in [1.54, 1.807) is 23.1 Å². The van der Waals surface area contributed by atoms with Crippen LogP contribution in [0.2, 0.25) is 0 Å². The van der Waals surface area contributed by atoms with Gasteiger partial charge in [-0.25, -0.2) is 0 Å². The van der Waals surface area contributed by atoms with Gasteiger partial charge in [0.25, 0.3) is 5.91 Å². The first-order valence-corrected chi connectivity index (χ1v) is 11.8. The number of nitrogens with zero attached hydrogens (tertiary/aromatic N) is 1. The predicted octanol–water partition coefficient (Wildman–Crippen LogP) is 6.05. The van der Waals surface area contributed by atoms with Gasteiger partial charge in [0, 0.05) is 26.2 Å². The fraction of sp³-hybridized carbons (Fsp3) is 0.500. The Morgan fingerprint density at radius 2 is 1.60 bits per heavy atom. The fourth-order valence-corrected chi connectivity index (χ4v) is 3.76. The molecule has 0 spiro atoms. The number of alkyl halides is 3. The van der Waals surface area contributed by atoms with E-state index in [1.807, 2.05) is 20.8 Å². The first-order chi connectivity index (χ1) is 16.6. The lowest BCUT2D eigenvalue weighted by Crippen LogP contribution is -2.40. The molecule has 6 nitrogen and oxygen atoms in total. The number of rotatable bonds is 11. The molecule has 0 unspecified atom stereocenters. The van der Waals surface area contributed by atoms with Crippen LogP contribution in [-0.4, -0.2) is 55.9 Å². The number of carbonyl (C=O) groups is 1. The van der Waals surface area contributed by atoms with Gasteiger partial charge in [0.1, 0.15) is 18.1 Å². The molecule has 0 bridgehead atoms. The molecule has 0 fully saturated rings. The van der Waals surface area contributed by atoms with Crippen LogP contribution in [0.15, 0.2) is 42.5 Å². The van der Waals surface area contributed by atoms with Crippen molar-refractivity contribution in [2.45, 2.75) is 52.2 Å². The highest BCUT2D eigenvalue weighted by molar-refractivity contribution is 5.98. The normalized spacial score (nSPS) is 14.3. The maximum Gasteiger partial charge on any atom is 0.573 e. The highest BCUT2D eigenvalue weighted by atomic mass is 19.4. The summed E-state index contributed by atoms with van der Waals surface area (Å²) in [5.41, 5.74) is 1.74. The largest absolute Gasteiger partial charge is 0.573 e. The number of hydrogen-bond acceptors (Lipinski definition) is 5. The zero-order valence-electron chi connectivity index (χ0n) is 20.3. The van der Waals surface area contributed by atoms with Crippen molar-refractivity contribution in [1.82, 2.24) is 4.90 Å². The summed E-state index contributed by atoms with van der Waals surface area (Å²) in [5.74, 6) is -0.792. The summed E-state index contributed by atoms with van der Waals surface area (Å²) in [5, 5.41) is 0. The lowest BCUT2D eigenvalue weighted by atomic mass is 10.0. The van der Waals surface area contributed by atoms with E-state index in [1.165, 1.54) is 24.3 Å². The van der Waals surface area contributed by atoms with Crippen LogP contribution in [0.3, 0.4) is 0 Å². The van der Waals surface area contributed by atoms with E-state index in [9.17, 15) is 18.0 Å². The molecule has 192 valence electrons. The third-order valence-electron chi connectivity index (χ3n) is 5.60. The molecule has 2 aromatic rings. The molecular formula is C26H32F3NO5. The van der Waals surface area contributed by atoms with Gasteiger partial charge in [0.15, 0.2) is 5.79 Å². The Labute approximate surface area is 203 Å². The number of fused-ring (bicyclic) bond motifs is 1. The van der Waals surface area contributed by atoms with Gasteiger partial charge in [-0.1, -0.05) is 32.0 Å². The van der Waals surface area contributed by atoms with Crippen molar-refractivity contribution < 1.29 is 36.9 Å². The van der Waals surface area contributed by atoms with Crippen LogP contribution in [0.5, 0.6) is 11.5 Å². The van der Waals surface area contributed by atoms with Crippen molar-refractivity contribution in [3.05, 3.63) is 48.0 Å². The average molecular weight is 496 g/mol. The van der Waals surface area contributed by atoms with Gasteiger partial charge < -0.3 is 23.8 Å². The lowest BCUT2D eigenvalue weighted by molar-refractivity contribution is -0.274. The van der Waals surface area contributed by atoms with E-state index in [0.29, 0.717) is 61.8 Å². The Morgan fingerprint density at radius 1 is 0.971 bits per heavy atom. The maximum atomic E-state index is 13.4. The number of hydrogen-bond donors (Lipinski definition) is 0.